The molecule has 1 aliphatic carbocycles. The Morgan fingerprint density at radius 1 is 1.02 bits per heavy atom. The van der Waals surface area contributed by atoms with Crippen LogP contribution in [0.4, 0.5) is 4.79 Å². The molecule has 10 heteroatoms. The van der Waals surface area contributed by atoms with Gasteiger partial charge in [-0.2, -0.15) is 4.31 Å². The van der Waals surface area contributed by atoms with E-state index in [0.29, 0.717) is 18.6 Å². The lowest BCUT2D eigenvalue weighted by molar-refractivity contribution is 0.0495. The average Bonchev–Trinajstić information content (AvgIpc) is 3.60. The lowest BCUT2D eigenvalue weighted by Gasteiger charge is -2.32. The minimum absolute atomic E-state index is 0.0920. The molecule has 1 saturated carbocycles. The van der Waals surface area contributed by atoms with Crippen LogP contribution >= 0.6 is 0 Å². The monoisotopic (exact) mass is 588 g/mol. The summed E-state index contributed by atoms with van der Waals surface area (Å²) in [5.41, 5.74) is 1.51. The third kappa shape index (κ3) is 8.08. The number of benzene rings is 2. The summed E-state index contributed by atoms with van der Waals surface area (Å²) in [4.78, 5) is 13.2. The standard InChI is InChI=1S/C31H44N2O7S/c1-3-22(4-2)19-33(41(37,38)25-12-10-24(21-34)11-13-25)20-28(35)27(18-23-8-6-5-7-9-23)32-31(36)40-30-15-14-29-26(30)16-17-39-29/h5-13,22,26-30,34-35H,3-4,14-21H2,1-2H3,(H,32,36)/t26-,27+,28-,29-,30+/m1/s1. The highest BCUT2D eigenvalue weighted by Gasteiger charge is 2.43. The summed E-state index contributed by atoms with van der Waals surface area (Å²) < 4.78 is 40.5. The summed E-state index contributed by atoms with van der Waals surface area (Å²) in [5.74, 6) is 0.291. The van der Waals surface area contributed by atoms with Crippen LogP contribution in [0.1, 0.15) is 57.1 Å². The molecule has 0 spiro atoms. The molecule has 9 nitrogen and oxygen atoms in total. The van der Waals surface area contributed by atoms with Crippen LogP contribution < -0.4 is 5.32 Å². The van der Waals surface area contributed by atoms with Crippen molar-refractivity contribution in [2.24, 2.45) is 11.8 Å². The second-order valence-corrected chi connectivity index (χ2v) is 13.1. The van der Waals surface area contributed by atoms with Crippen molar-refractivity contribution in [2.45, 2.75) is 88.2 Å². The van der Waals surface area contributed by atoms with Gasteiger partial charge < -0.3 is 25.0 Å². The van der Waals surface area contributed by atoms with E-state index < -0.39 is 28.3 Å². The Labute approximate surface area is 243 Å². The normalized spacial score (nSPS) is 22.0. The van der Waals surface area contributed by atoms with Gasteiger partial charge in [-0.1, -0.05) is 69.2 Å². The van der Waals surface area contributed by atoms with Crippen molar-refractivity contribution in [1.82, 2.24) is 9.62 Å². The molecule has 1 aliphatic heterocycles. The van der Waals surface area contributed by atoms with Crippen molar-refractivity contribution in [2.75, 3.05) is 19.7 Å². The first kappa shape index (κ1) is 31.4. The van der Waals surface area contributed by atoms with Gasteiger partial charge in [0.25, 0.3) is 0 Å². The first-order valence-electron chi connectivity index (χ1n) is 14.8. The molecule has 2 aromatic rings. The summed E-state index contributed by atoms with van der Waals surface area (Å²) in [6, 6.07) is 14.8. The summed E-state index contributed by atoms with van der Waals surface area (Å²) >= 11 is 0. The SMILES string of the molecule is CCC(CC)CN(C[C@@H](O)[C@H](Cc1ccccc1)NC(=O)O[C@H]1CC[C@H]2OCC[C@@H]12)S(=O)(=O)c1ccc(CO)cc1. The number of alkyl carbamates (subject to hydrolysis) is 1. The Balaban J connectivity index is 1.54. The number of nitrogens with zero attached hydrogens (tertiary/aromatic N) is 1. The predicted octanol–water partition coefficient (Wildman–Crippen LogP) is 3.87. The fourth-order valence-corrected chi connectivity index (χ4v) is 7.44. The summed E-state index contributed by atoms with van der Waals surface area (Å²) in [6.45, 7) is 4.57. The van der Waals surface area contributed by atoms with Crippen LogP contribution in [0, 0.1) is 11.8 Å². The highest BCUT2D eigenvalue weighted by molar-refractivity contribution is 7.89. The highest BCUT2D eigenvalue weighted by Crippen LogP contribution is 2.37. The molecule has 5 atom stereocenters. The van der Waals surface area contributed by atoms with E-state index in [2.05, 4.69) is 5.32 Å². The number of sulfonamides is 1. The van der Waals surface area contributed by atoms with Gasteiger partial charge in [-0.05, 0) is 54.9 Å². The summed E-state index contributed by atoms with van der Waals surface area (Å²) in [5, 5.41) is 23.8. The smallest absolute Gasteiger partial charge is 0.407 e. The molecule has 1 saturated heterocycles. The van der Waals surface area contributed by atoms with E-state index >= 15 is 0 Å². The van der Waals surface area contributed by atoms with Gasteiger partial charge in [0.05, 0.1) is 29.8 Å². The van der Waals surface area contributed by atoms with Crippen molar-refractivity contribution in [3.05, 3.63) is 65.7 Å². The van der Waals surface area contributed by atoms with E-state index in [9.17, 15) is 23.4 Å². The fraction of sp³-hybridized carbons (Fsp3) is 0.581. The molecule has 1 heterocycles. The molecule has 2 aromatic carbocycles. The molecule has 0 aromatic heterocycles. The molecular weight excluding hydrogens is 544 g/mol. The van der Waals surface area contributed by atoms with E-state index in [-0.39, 0.29) is 48.6 Å². The largest absolute Gasteiger partial charge is 0.446 e. The first-order chi connectivity index (χ1) is 19.7. The van der Waals surface area contributed by atoms with Crippen molar-refractivity contribution < 1.29 is 32.9 Å². The van der Waals surface area contributed by atoms with E-state index in [1.165, 1.54) is 16.4 Å². The van der Waals surface area contributed by atoms with Crippen molar-refractivity contribution >= 4 is 16.1 Å². The van der Waals surface area contributed by atoms with Crippen LogP contribution in [0.5, 0.6) is 0 Å². The molecule has 0 bridgehead atoms. The molecule has 2 aliphatic rings. The molecule has 3 N–H and O–H groups in total. The van der Waals surface area contributed by atoms with E-state index in [0.717, 1.165) is 37.7 Å². The van der Waals surface area contributed by atoms with Gasteiger partial charge in [0.1, 0.15) is 6.10 Å². The maximum atomic E-state index is 13.8. The Morgan fingerprint density at radius 2 is 1.73 bits per heavy atom. The number of carbonyl (C=O) groups excluding carboxylic acids is 1. The zero-order chi connectivity index (χ0) is 29.4. The number of aliphatic hydroxyl groups is 2. The predicted molar refractivity (Wildman–Crippen MR) is 156 cm³/mol. The number of ether oxygens (including phenoxy) is 2. The number of nitrogens with one attached hydrogen (secondary N) is 1. The molecule has 0 radical (unpaired) electrons. The van der Waals surface area contributed by atoms with E-state index in [1.54, 1.807) is 12.1 Å². The van der Waals surface area contributed by atoms with E-state index in [1.807, 2.05) is 44.2 Å². The molecule has 0 unspecified atom stereocenters. The number of aliphatic hydroxyl groups excluding tert-OH is 2. The van der Waals surface area contributed by atoms with Crippen molar-refractivity contribution in [3.8, 4) is 0 Å². The quantitative estimate of drug-likeness (QED) is 0.306. The molecule has 4 rings (SSSR count). The Morgan fingerprint density at radius 3 is 2.39 bits per heavy atom. The second-order valence-electron chi connectivity index (χ2n) is 11.2. The number of rotatable bonds is 14. The third-order valence-corrected chi connectivity index (χ3v) is 10.4. The Hall–Kier alpha value is -2.50. The van der Waals surface area contributed by atoms with E-state index in [4.69, 9.17) is 9.47 Å². The topological polar surface area (TPSA) is 125 Å². The minimum Gasteiger partial charge on any atom is -0.446 e. The summed E-state index contributed by atoms with van der Waals surface area (Å²) in [7, 11) is -3.97. The lowest BCUT2D eigenvalue weighted by Crippen LogP contribution is -2.51. The van der Waals surface area contributed by atoms with Gasteiger partial charge in [-0.25, -0.2) is 13.2 Å². The zero-order valence-electron chi connectivity index (χ0n) is 24.0. The van der Waals surface area contributed by atoms with Crippen LogP contribution in [0.15, 0.2) is 59.5 Å². The van der Waals surface area contributed by atoms with Crippen molar-refractivity contribution in [3.63, 3.8) is 0 Å². The summed E-state index contributed by atoms with van der Waals surface area (Å²) in [6.07, 6.45) is 2.43. The maximum absolute atomic E-state index is 13.8. The number of fused-ring (bicyclic) bond motifs is 1. The number of hydrogen-bond acceptors (Lipinski definition) is 7. The van der Waals surface area contributed by atoms with Crippen LogP contribution in [0.25, 0.3) is 0 Å². The molecular formula is C31H44N2O7S. The van der Waals surface area contributed by atoms with Crippen LogP contribution in [0.3, 0.4) is 0 Å². The van der Waals surface area contributed by atoms with Gasteiger partial charge in [-0.15, -0.1) is 0 Å². The number of carbonyl (C=O) groups is 1. The fourth-order valence-electron chi connectivity index (χ4n) is 5.91. The Kier molecular flexibility index (Phi) is 11.2. The molecule has 2 fully saturated rings. The average molecular weight is 589 g/mol. The highest BCUT2D eigenvalue weighted by atomic mass is 32.2. The van der Waals surface area contributed by atoms with Crippen molar-refractivity contribution in [1.29, 1.82) is 0 Å². The zero-order valence-corrected chi connectivity index (χ0v) is 24.8. The van der Waals surface area contributed by atoms with Crippen LogP contribution in [-0.2, 0) is 32.5 Å². The number of hydrogen-bond donors (Lipinski definition) is 3. The second kappa shape index (κ2) is 14.6. The Bertz CT molecular complexity index is 1200. The van der Waals surface area contributed by atoms with Crippen LogP contribution in [0.2, 0.25) is 0 Å². The molecule has 226 valence electrons. The van der Waals surface area contributed by atoms with Gasteiger partial charge in [0.2, 0.25) is 10.0 Å². The molecule has 41 heavy (non-hydrogen) atoms. The van der Waals surface area contributed by atoms with Gasteiger partial charge in [0, 0.05) is 25.6 Å². The van der Waals surface area contributed by atoms with Gasteiger partial charge >= 0.3 is 6.09 Å². The molecule has 1 amide bonds. The van der Waals surface area contributed by atoms with Gasteiger partial charge in [0.15, 0.2) is 0 Å². The first-order valence-corrected chi connectivity index (χ1v) is 16.2. The number of amides is 1. The van der Waals surface area contributed by atoms with Crippen LogP contribution in [-0.4, -0.2) is 73.1 Å². The minimum atomic E-state index is -3.97. The van der Waals surface area contributed by atoms with Gasteiger partial charge in [-0.3, -0.25) is 0 Å². The maximum Gasteiger partial charge on any atom is 0.407 e. The third-order valence-electron chi connectivity index (χ3n) is 8.55. The lowest BCUT2D eigenvalue weighted by atomic mass is 10.0.